The molecule has 5 nitrogen and oxygen atoms in total. The SMILES string of the molecule is CC(C)(N)c1noc(CSc2cc(Cl)ccc2N)n1. The third-order valence-corrected chi connectivity index (χ3v) is 3.66. The van der Waals surface area contributed by atoms with E-state index in [1.54, 1.807) is 12.1 Å². The number of aromatic nitrogens is 2. The average Bonchev–Trinajstić information content (AvgIpc) is 2.79. The molecule has 0 aliphatic carbocycles. The second-order valence-electron chi connectivity index (χ2n) is 4.70. The Kier molecular flexibility index (Phi) is 4.03. The Balaban J connectivity index is 2.06. The Bertz CT molecular complexity index is 579. The number of anilines is 1. The lowest BCUT2D eigenvalue weighted by atomic mass is 10.1. The minimum atomic E-state index is -0.610. The summed E-state index contributed by atoms with van der Waals surface area (Å²) < 4.78 is 5.15. The standard InChI is InChI=1S/C12H15ClN4OS/c1-12(2,15)11-16-10(18-17-11)6-19-9-5-7(13)3-4-8(9)14/h3-5H,6,14-15H2,1-2H3. The van der Waals surface area contributed by atoms with Gasteiger partial charge in [0.1, 0.15) is 0 Å². The van der Waals surface area contributed by atoms with Gasteiger partial charge in [0.25, 0.3) is 0 Å². The minimum absolute atomic E-state index is 0.488. The van der Waals surface area contributed by atoms with Crippen LogP contribution >= 0.6 is 23.4 Å². The van der Waals surface area contributed by atoms with Crippen molar-refractivity contribution in [3.63, 3.8) is 0 Å². The highest BCUT2D eigenvalue weighted by atomic mass is 35.5. The van der Waals surface area contributed by atoms with Crippen LogP contribution < -0.4 is 11.5 Å². The van der Waals surface area contributed by atoms with Gasteiger partial charge in [0.05, 0.1) is 11.3 Å². The highest BCUT2D eigenvalue weighted by Gasteiger charge is 2.21. The van der Waals surface area contributed by atoms with Crippen molar-refractivity contribution in [1.29, 1.82) is 0 Å². The van der Waals surface area contributed by atoms with Crippen molar-refractivity contribution in [2.24, 2.45) is 5.73 Å². The number of hydrogen-bond acceptors (Lipinski definition) is 6. The summed E-state index contributed by atoms with van der Waals surface area (Å²) in [7, 11) is 0. The molecular formula is C12H15ClN4OS. The van der Waals surface area contributed by atoms with Crippen molar-refractivity contribution >= 4 is 29.1 Å². The highest BCUT2D eigenvalue weighted by molar-refractivity contribution is 7.98. The molecule has 0 fully saturated rings. The molecule has 0 saturated carbocycles. The number of hydrogen-bond donors (Lipinski definition) is 2. The number of nitrogen functional groups attached to an aromatic ring is 1. The van der Waals surface area contributed by atoms with Crippen LogP contribution in [0.2, 0.25) is 5.02 Å². The van der Waals surface area contributed by atoms with Crippen LogP contribution in [-0.4, -0.2) is 10.1 Å². The lowest BCUT2D eigenvalue weighted by Gasteiger charge is -2.11. The van der Waals surface area contributed by atoms with Crippen molar-refractivity contribution in [1.82, 2.24) is 10.1 Å². The minimum Gasteiger partial charge on any atom is -0.398 e. The van der Waals surface area contributed by atoms with Crippen molar-refractivity contribution < 1.29 is 4.52 Å². The zero-order valence-electron chi connectivity index (χ0n) is 10.7. The average molecular weight is 299 g/mol. The summed E-state index contributed by atoms with van der Waals surface area (Å²) in [5.74, 6) is 1.52. The van der Waals surface area contributed by atoms with Gasteiger partial charge in [-0.15, -0.1) is 11.8 Å². The number of nitrogens with two attached hydrogens (primary N) is 2. The van der Waals surface area contributed by atoms with Gasteiger partial charge in [0.2, 0.25) is 5.89 Å². The first-order valence-electron chi connectivity index (χ1n) is 5.66. The van der Waals surface area contributed by atoms with E-state index in [1.165, 1.54) is 11.8 Å². The molecule has 0 bridgehead atoms. The molecule has 0 unspecified atom stereocenters. The predicted octanol–water partition coefficient (Wildman–Crippen LogP) is 2.79. The van der Waals surface area contributed by atoms with Crippen molar-refractivity contribution in [3.05, 3.63) is 34.9 Å². The molecule has 0 aliphatic rings. The van der Waals surface area contributed by atoms with Crippen LogP contribution in [0, 0.1) is 0 Å². The number of benzene rings is 1. The van der Waals surface area contributed by atoms with Crippen LogP contribution in [0.5, 0.6) is 0 Å². The van der Waals surface area contributed by atoms with Crippen LogP contribution in [-0.2, 0) is 11.3 Å². The van der Waals surface area contributed by atoms with Crippen LogP contribution in [0.1, 0.15) is 25.6 Å². The normalized spacial score (nSPS) is 11.8. The van der Waals surface area contributed by atoms with Crippen LogP contribution in [0.3, 0.4) is 0 Å². The van der Waals surface area contributed by atoms with Gasteiger partial charge in [0, 0.05) is 15.6 Å². The molecule has 0 radical (unpaired) electrons. The van der Waals surface area contributed by atoms with Gasteiger partial charge in [-0.05, 0) is 32.0 Å². The monoisotopic (exact) mass is 298 g/mol. The van der Waals surface area contributed by atoms with E-state index in [4.69, 9.17) is 27.6 Å². The first kappa shape index (κ1) is 14.2. The Morgan fingerprint density at radius 1 is 1.42 bits per heavy atom. The Labute approximate surface area is 120 Å². The smallest absolute Gasteiger partial charge is 0.237 e. The summed E-state index contributed by atoms with van der Waals surface area (Å²) in [5.41, 5.74) is 11.8. The van der Waals surface area contributed by atoms with Gasteiger partial charge < -0.3 is 16.0 Å². The molecule has 1 aromatic heterocycles. The largest absolute Gasteiger partial charge is 0.398 e. The molecule has 19 heavy (non-hydrogen) atoms. The number of halogens is 1. The van der Waals surface area contributed by atoms with Gasteiger partial charge in [-0.25, -0.2) is 0 Å². The molecule has 0 amide bonds. The molecule has 7 heteroatoms. The van der Waals surface area contributed by atoms with Gasteiger partial charge in [-0.2, -0.15) is 4.98 Å². The van der Waals surface area contributed by atoms with Crippen LogP contribution in [0.4, 0.5) is 5.69 Å². The van der Waals surface area contributed by atoms with Gasteiger partial charge in [-0.1, -0.05) is 16.8 Å². The molecule has 0 atom stereocenters. The number of thioether (sulfide) groups is 1. The van der Waals surface area contributed by atoms with E-state index in [0.717, 1.165) is 4.90 Å². The third kappa shape index (κ3) is 3.62. The summed E-state index contributed by atoms with van der Waals surface area (Å²) in [5, 5.41) is 4.50. The van der Waals surface area contributed by atoms with Crippen molar-refractivity contribution in [2.75, 3.05) is 5.73 Å². The third-order valence-electron chi connectivity index (χ3n) is 2.37. The quantitative estimate of drug-likeness (QED) is 0.666. The molecule has 102 valence electrons. The van der Waals surface area contributed by atoms with Gasteiger partial charge >= 0.3 is 0 Å². The first-order valence-corrected chi connectivity index (χ1v) is 7.02. The maximum Gasteiger partial charge on any atom is 0.237 e. The topological polar surface area (TPSA) is 91.0 Å². The fourth-order valence-corrected chi connectivity index (χ4v) is 2.43. The van der Waals surface area contributed by atoms with E-state index in [2.05, 4.69) is 10.1 Å². The summed E-state index contributed by atoms with van der Waals surface area (Å²) in [6.45, 7) is 3.65. The molecule has 0 aliphatic heterocycles. The Morgan fingerprint density at radius 3 is 2.79 bits per heavy atom. The van der Waals surface area contributed by atoms with E-state index in [0.29, 0.717) is 28.2 Å². The molecule has 4 N–H and O–H groups in total. The molecule has 0 spiro atoms. The van der Waals surface area contributed by atoms with E-state index in [-0.39, 0.29) is 0 Å². The maximum atomic E-state index is 5.93. The number of rotatable bonds is 4. The van der Waals surface area contributed by atoms with Crippen LogP contribution in [0.25, 0.3) is 0 Å². The summed E-state index contributed by atoms with van der Waals surface area (Å²) >= 11 is 7.42. The summed E-state index contributed by atoms with van der Waals surface area (Å²) in [6, 6.07) is 5.33. The van der Waals surface area contributed by atoms with Gasteiger partial charge in [-0.3, -0.25) is 0 Å². The lowest BCUT2D eigenvalue weighted by molar-refractivity contribution is 0.370. The molecule has 2 rings (SSSR count). The first-order chi connectivity index (χ1) is 8.86. The molecule has 0 saturated heterocycles. The molecular weight excluding hydrogens is 284 g/mol. The fourth-order valence-electron chi connectivity index (χ4n) is 1.35. The number of nitrogens with zero attached hydrogens (tertiary/aromatic N) is 2. The van der Waals surface area contributed by atoms with Crippen molar-refractivity contribution in [2.45, 2.75) is 30.0 Å². The van der Waals surface area contributed by atoms with E-state index >= 15 is 0 Å². The Morgan fingerprint density at radius 2 is 2.16 bits per heavy atom. The molecule has 2 aromatic rings. The zero-order chi connectivity index (χ0) is 14.0. The van der Waals surface area contributed by atoms with Crippen molar-refractivity contribution in [3.8, 4) is 0 Å². The van der Waals surface area contributed by atoms with Gasteiger partial charge in [0.15, 0.2) is 5.82 Å². The predicted molar refractivity (Wildman–Crippen MR) is 76.9 cm³/mol. The fraction of sp³-hybridized carbons (Fsp3) is 0.333. The molecule has 1 heterocycles. The zero-order valence-corrected chi connectivity index (χ0v) is 12.3. The van der Waals surface area contributed by atoms with E-state index in [9.17, 15) is 0 Å². The molecule has 1 aromatic carbocycles. The van der Waals surface area contributed by atoms with E-state index < -0.39 is 5.54 Å². The summed E-state index contributed by atoms with van der Waals surface area (Å²) in [6.07, 6.45) is 0. The second kappa shape index (κ2) is 5.40. The maximum absolute atomic E-state index is 5.93. The Hall–Kier alpha value is -1.24. The van der Waals surface area contributed by atoms with Crippen LogP contribution in [0.15, 0.2) is 27.6 Å². The lowest BCUT2D eigenvalue weighted by Crippen LogP contribution is -2.30. The second-order valence-corrected chi connectivity index (χ2v) is 6.16. The highest BCUT2D eigenvalue weighted by Crippen LogP contribution is 2.30. The summed E-state index contributed by atoms with van der Waals surface area (Å²) in [4.78, 5) is 5.14. The van der Waals surface area contributed by atoms with E-state index in [1.807, 2.05) is 19.9 Å².